The number of amides is 3. The van der Waals surface area contributed by atoms with Gasteiger partial charge in [0.2, 0.25) is 5.91 Å². The molecule has 0 saturated carbocycles. The van der Waals surface area contributed by atoms with Crippen molar-refractivity contribution in [1.29, 1.82) is 0 Å². The number of carbonyl (C=O) groups is 2. The number of nitrogens with zero attached hydrogens (tertiary/aromatic N) is 2. The smallest absolute Gasteiger partial charge is 0.321 e. The number of benzene rings is 1. The van der Waals surface area contributed by atoms with Crippen LogP contribution in [0.2, 0.25) is 0 Å². The number of fused-ring (bicyclic) bond motifs is 1. The molecule has 0 unspecified atom stereocenters. The van der Waals surface area contributed by atoms with E-state index in [1.807, 2.05) is 29.2 Å². The second-order valence-electron chi connectivity index (χ2n) is 6.59. The Balaban J connectivity index is 1.41. The zero-order valence-electron chi connectivity index (χ0n) is 13.1. The Hall–Kier alpha value is -2.08. The molecule has 0 radical (unpaired) electrons. The Bertz CT molecular complexity index is 616. The second-order valence-corrected chi connectivity index (χ2v) is 6.59. The number of likely N-dealkylation sites (tertiary alicyclic amines) is 1. The van der Waals surface area contributed by atoms with Crippen molar-refractivity contribution < 1.29 is 9.59 Å². The molecule has 3 fully saturated rings. The van der Waals surface area contributed by atoms with Crippen molar-refractivity contribution in [3.05, 3.63) is 29.8 Å². The van der Waals surface area contributed by atoms with Crippen LogP contribution in [0.1, 0.15) is 12.0 Å². The SMILES string of the molecule is O=C1NCCN1c1ccc(CC(=O)N2CC[C@@H]3CNC[C@@H]32)cc1. The fourth-order valence-electron chi connectivity index (χ4n) is 3.95. The molecule has 2 atom stereocenters. The van der Waals surface area contributed by atoms with E-state index in [9.17, 15) is 9.59 Å². The van der Waals surface area contributed by atoms with E-state index in [0.717, 1.165) is 37.3 Å². The van der Waals surface area contributed by atoms with E-state index in [1.165, 1.54) is 0 Å². The molecule has 6 heteroatoms. The first kappa shape index (κ1) is 14.5. The molecule has 0 spiro atoms. The number of urea groups is 1. The van der Waals surface area contributed by atoms with Gasteiger partial charge in [0.25, 0.3) is 0 Å². The average Bonchev–Trinajstić information content (AvgIpc) is 3.24. The summed E-state index contributed by atoms with van der Waals surface area (Å²) >= 11 is 0. The largest absolute Gasteiger partial charge is 0.338 e. The molecule has 122 valence electrons. The lowest BCUT2D eigenvalue weighted by atomic mass is 10.0. The summed E-state index contributed by atoms with van der Waals surface area (Å²) in [6.07, 6.45) is 1.56. The van der Waals surface area contributed by atoms with E-state index >= 15 is 0 Å². The van der Waals surface area contributed by atoms with Gasteiger partial charge in [-0.25, -0.2) is 4.79 Å². The molecule has 0 aromatic heterocycles. The van der Waals surface area contributed by atoms with Crippen molar-refractivity contribution in [2.45, 2.75) is 18.9 Å². The standard InChI is InChI=1S/C17H22N4O2/c22-16(21-7-5-13-10-18-11-15(13)21)9-12-1-3-14(4-2-12)20-8-6-19-17(20)23/h1-4,13,15,18H,5-11H2,(H,19,23)/t13-,15+/m1/s1. The highest BCUT2D eigenvalue weighted by molar-refractivity contribution is 5.94. The summed E-state index contributed by atoms with van der Waals surface area (Å²) < 4.78 is 0. The summed E-state index contributed by atoms with van der Waals surface area (Å²) in [5, 5.41) is 6.17. The molecule has 23 heavy (non-hydrogen) atoms. The molecule has 0 bridgehead atoms. The summed E-state index contributed by atoms with van der Waals surface area (Å²) in [4.78, 5) is 28.0. The monoisotopic (exact) mass is 314 g/mol. The number of carbonyl (C=O) groups excluding carboxylic acids is 2. The van der Waals surface area contributed by atoms with Gasteiger partial charge in [-0.05, 0) is 30.0 Å². The lowest BCUT2D eigenvalue weighted by Crippen LogP contribution is -2.39. The first-order valence-corrected chi connectivity index (χ1v) is 8.37. The van der Waals surface area contributed by atoms with Crippen molar-refractivity contribution in [2.24, 2.45) is 5.92 Å². The third kappa shape index (κ3) is 2.67. The van der Waals surface area contributed by atoms with Crippen molar-refractivity contribution in [1.82, 2.24) is 15.5 Å². The summed E-state index contributed by atoms with van der Waals surface area (Å²) in [5.74, 6) is 0.850. The summed E-state index contributed by atoms with van der Waals surface area (Å²) in [6.45, 7) is 4.24. The van der Waals surface area contributed by atoms with Gasteiger partial charge in [0.05, 0.1) is 6.42 Å². The van der Waals surface area contributed by atoms with Crippen LogP contribution in [0.25, 0.3) is 0 Å². The fraction of sp³-hybridized carbons (Fsp3) is 0.529. The van der Waals surface area contributed by atoms with E-state index in [1.54, 1.807) is 4.90 Å². The number of nitrogens with one attached hydrogen (secondary N) is 2. The Kier molecular flexibility index (Phi) is 3.69. The summed E-state index contributed by atoms with van der Waals surface area (Å²) in [5.41, 5.74) is 1.89. The third-order valence-electron chi connectivity index (χ3n) is 5.23. The first-order valence-electron chi connectivity index (χ1n) is 8.37. The minimum atomic E-state index is -0.0503. The number of hydrogen-bond donors (Lipinski definition) is 2. The maximum Gasteiger partial charge on any atom is 0.321 e. The predicted molar refractivity (Wildman–Crippen MR) is 87.4 cm³/mol. The molecule has 3 saturated heterocycles. The van der Waals surface area contributed by atoms with Crippen LogP contribution in [0, 0.1) is 5.92 Å². The van der Waals surface area contributed by atoms with E-state index < -0.39 is 0 Å². The topological polar surface area (TPSA) is 64.7 Å². The zero-order chi connectivity index (χ0) is 15.8. The van der Waals surface area contributed by atoms with Gasteiger partial charge in [-0.15, -0.1) is 0 Å². The van der Waals surface area contributed by atoms with Gasteiger partial charge >= 0.3 is 6.03 Å². The fourth-order valence-corrected chi connectivity index (χ4v) is 3.95. The first-order chi connectivity index (χ1) is 11.2. The molecule has 4 rings (SSSR count). The number of rotatable bonds is 3. The highest BCUT2D eigenvalue weighted by atomic mass is 16.2. The van der Waals surface area contributed by atoms with E-state index in [0.29, 0.717) is 31.5 Å². The molecular formula is C17H22N4O2. The minimum absolute atomic E-state index is 0.0503. The highest BCUT2D eigenvalue weighted by Crippen LogP contribution is 2.28. The second kappa shape index (κ2) is 5.85. The lowest BCUT2D eigenvalue weighted by Gasteiger charge is -2.23. The Morgan fingerprint density at radius 1 is 1.17 bits per heavy atom. The van der Waals surface area contributed by atoms with Crippen molar-refractivity contribution in [2.75, 3.05) is 37.6 Å². The van der Waals surface area contributed by atoms with Gasteiger partial charge in [-0.1, -0.05) is 12.1 Å². The normalized spacial score (nSPS) is 26.5. The van der Waals surface area contributed by atoms with E-state index in [2.05, 4.69) is 10.6 Å². The van der Waals surface area contributed by atoms with Crippen LogP contribution in [0.15, 0.2) is 24.3 Å². The molecule has 1 aromatic carbocycles. The van der Waals surface area contributed by atoms with Crippen LogP contribution in [0.4, 0.5) is 10.5 Å². The molecular weight excluding hydrogens is 292 g/mol. The highest BCUT2D eigenvalue weighted by Gasteiger charge is 2.39. The van der Waals surface area contributed by atoms with Crippen molar-refractivity contribution in [3.8, 4) is 0 Å². The molecule has 3 heterocycles. The molecule has 3 aliphatic heterocycles. The lowest BCUT2D eigenvalue weighted by molar-refractivity contribution is -0.131. The third-order valence-corrected chi connectivity index (χ3v) is 5.23. The van der Waals surface area contributed by atoms with Crippen molar-refractivity contribution in [3.63, 3.8) is 0 Å². The number of hydrogen-bond acceptors (Lipinski definition) is 3. The predicted octanol–water partition coefficient (Wildman–Crippen LogP) is 0.579. The van der Waals surface area contributed by atoms with Crippen molar-refractivity contribution >= 4 is 17.6 Å². The maximum absolute atomic E-state index is 12.6. The van der Waals surface area contributed by atoms with Crippen LogP contribution in [0.5, 0.6) is 0 Å². The summed E-state index contributed by atoms with van der Waals surface area (Å²) in [6, 6.07) is 8.11. The van der Waals surface area contributed by atoms with Gasteiger partial charge < -0.3 is 15.5 Å². The van der Waals surface area contributed by atoms with Gasteiger partial charge in [0.15, 0.2) is 0 Å². The maximum atomic E-state index is 12.6. The van der Waals surface area contributed by atoms with Crippen LogP contribution in [-0.2, 0) is 11.2 Å². The molecule has 6 nitrogen and oxygen atoms in total. The zero-order valence-corrected chi connectivity index (χ0v) is 13.1. The average molecular weight is 314 g/mol. The molecule has 2 N–H and O–H groups in total. The van der Waals surface area contributed by atoms with E-state index in [-0.39, 0.29) is 11.9 Å². The number of anilines is 1. The Labute approximate surface area is 135 Å². The van der Waals surface area contributed by atoms with Crippen LogP contribution < -0.4 is 15.5 Å². The summed E-state index contributed by atoms with van der Waals surface area (Å²) in [7, 11) is 0. The molecule has 3 amide bonds. The van der Waals surface area contributed by atoms with Crippen LogP contribution in [-0.4, -0.2) is 55.6 Å². The van der Waals surface area contributed by atoms with Gasteiger partial charge in [0.1, 0.15) is 0 Å². The molecule has 1 aromatic rings. The van der Waals surface area contributed by atoms with Crippen LogP contribution >= 0.6 is 0 Å². The Morgan fingerprint density at radius 2 is 2.00 bits per heavy atom. The van der Waals surface area contributed by atoms with Gasteiger partial charge in [0, 0.05) is 44.5 Å². The van der Waals surface area contributed by atoms with Gasteiger partial charge in [-0.3, -0.25) is 9.69 Å². The molecule has 0 aliphatic carbocycles. The van der Waals surface area contributed by atoms with E-state index in [4.69, 9.17) is 0 Å². The minimum Gasteiger partial charge on any atom is -0.338 e. The van der Waals surface area contributed by atoms with Crippen LogP contribution in [0.3, 0.4) is 0 Å². The molecule has 3 aliphatic rings. The van der Waals surface area contributed by atoms with Gasteiger partial charge in [-0.2, -0.15) is 0 Å². The quantitative estimate of drug-likeness (QED) is 0.858. The Morgan fingerprint density at radius 3 is 2.74 bits per heavy atom.